The molecule has 6 heteroatoms. The van der Waals surface area contributed by atoms with Crippen molar-refractivity contribution in [2.75, 3.05) is 5.32 Å². The second-order valence-electron chi connectivity index (χ2n) is 4.52. The van der Waals surface area contributed by atoms with E-state index in [2.05, 4.69) is 5.32 Å². The van der Waals surface area contributed by atoms with Crippen LogP contribution >= 0.6 is 0 Å². The minimum atomic E-state index is -3.71. The second kappa shape index (κ2) is 6.16. The Hall–Kier alpha value is -1.40. The summed E-state index contributed by atoms with van der Waals surface area (Å²) in [6, 6.07) is 4.41. The van der Waals surface area contributed by atoms with E-state index in [1.165, 1.54) is 12.1 Å². The molecule has 0 aromatic heterocycles. The number of rotatable bonds is 5. The monoisotopic (exact) mass is 284 g/mol. The zero-order valence-electron chi connectivity index (χ0n) is 11.4. The number of benzene rings is 1. The Morgan fingerprint density at radius 1 is 1.32 bits per heavy atom. The van der Waals surface area contributed by atoms with Crippen molar-refractivity contribution in [3.8, 4) is 0 Å². The molecule has 0 unspecified atom stereocenters. The summed E-state index contributed by atoms with van der Waals surface area (Å²) in [5.41, 5.74) is 1.29. The predicted molar refractivity (Wildman–Crippen MR) is 75.3 cm³/mol. The van der Waals surface area contributed by atoms with E-state index in [9.17, 15) is 13.2 Å². The van der Waals surface area contributed by atoms with Gasteiger partial charge in [0.2, 0.25) is 15.9 Å². The van der Waals surface area contributed by atoms with Gasteiger partial charge in [0.25, 0.3) is 0 Å². The summed E-state index contributed by atoms with van der Waals surface area (Å²) in [6.07, 6.45) is 1.55. The number of nitrogens with one attached hydrogen (secondary N) is 1. The molecule has 0 fully saturated rings. The second-order valence-corrected chi connectivity index (χ2v) is 6.09. The van der Waals surface area contributed by atoms with Crippen LogP contribution in [-0.2, 0) is 14.8 Å². The number of hydrogen-bond acceptors (Lipinski definition) is 3. The molecule has 0 radical (unpaired) electrons. The Balaban J connectivity index is 2.96. The number of carbonyl (C=O) groups is 1. The molecule has 3 N–H and O–H groups in total. The van der Waals surface area contributed by atoms with Crippen LogP contribution in [0.4, 0.5) is 5.69 Å². The van der Waals surface area contributed by atoms with Gasteiger partial charge in [0.1, 0.15) is 0 Å². The molecular weight excluding hydrogens is 264 g/mol. The van der Waals surface area contributed by atoms with Crippen LogP contribution in [0, 0.1) is 12.8 Å². The molecule has 0 aliphatic heterocycles. The average Bonchev–Trinajstić information content (AvgIpc) is 2.32. The van der Waals surface area contributed by atoms with E-state index < -0.39 is 10.0 Å². The topological polar surface area (TPSA) is 89.3 Å². The lowest BCUT2D eigenvalue weighted by Crippen LogP contribution is -2.22. The SMILES string of the molecule is CCC(CC)C(=O)Nc1ccc(S(N)(=O)=O)cc1C. The molecule has 19 heavy (non-hydrogen) atoms. The number of carbonyl (C=O) groups excluding carboxylic acids is 1. The van der Waals surface area contributed by atoms with Crippen LogP contribution in [0.3, 0.4) is 0 Å². The standard InChI is InChI=1S/C13H20N2O3S/c1-4-10(5-2)13(16)15-12-7-6-11(8-9(12)3)19(14,17)18/h6-8,10H,4-5H2,1-3H3,(H,15,16)(H2,14,17,18). The van der Waals surface area contributed by atoms with E-state index in [-0.39, 0.29) is 16.7 Å². The van der Waals surface area contributed by atoms with Crippen LogP contribution in [0.5, 0.6) is 0 Å². The molecule has 0 heterocycles. The molecule has 1 aromatic rings. The van der Waals surface area contributed by atoms with E-state index in [0.717, 1.165) is 12.8 Å². The van der Waals surface area contributed by atoms with Crippen LogP contribution in [0.2, 0.25) is 0 Å². The van der Waals surface area contributed by atoms with Crippen molar-refractivity contribution in [3.05, 3.63) is 23.8 Å². The number of anilines is 1. The lowest BCUT2D eigenvalue weighted by atomic mass is 10.0. The van der Waals surface area contributed by atoms with E-state index in [0.29, 0.717) is 11.3 Å². The highest BCUT2D eigenvalue weighted by molar-refractivity contribution is 7.89. The highest BCUT2D eigenvalue weighted by Gasteiger charge is 2.16. The lowest BCUT2D eigenvalue weighted by Gasteiger charge is -2.14. The van der Waals surface area contributed by atoms with Crippen molar-refractivity contribution in [1.82, 2.24) is 0 Å². The number of amides is 1. The third-order valence-corrected chi connectivity index (χ3v) is 4.05. The molecule has 1 amide bonds. The molecule has 0 aliphatic rings. The predicted octanol–water partition coefficient (Wildman–Crippen LogP) is 2.02. The maximum absolute atomic E-state index is 12.0. The first kappa shape index (κ1) is 15.7. The molecule has 0 aliphatic carbocycles. The summed E-state index contributed by atoms with van der Waals surface area (Å²) in [5.74, 6) is -0.0752. The molecule has 1 aromatic carbocycles. The van der Waals surface area contributed by atoms with Crippen molar-refractivity contribution >= 4 is 21.6 Å². The first-order chi connectivity index (χ1) is 8.79. The molecule has 0 bridgehead atoms. The lowest BCUT2D eigenvalue weighted by molar-refractivity contribution is -0.120. The van der Waals surface area contributed by atoms with Gasteiger partial charge in [-0.25, -0.2) is 13.6 Å². The fourth-order valence-corrected chi connectivity index (χ4v) is 2.45. The quantitative estimate of drug-likeness (QED) is 0.866. The molecule has 106 valence electrons. The third kappa shape index (κ3) is 4.04. The maximum Gasteiger partial charge on any atom is 0.238 e. The smallest absolute Gasteiger partial charge is 0.238 e. The fraction of sp³-hybridized carbons (Fsp3) is 0.462. The van der Waals surface area contributed by atoms with Crippen LogP contribution < -0.4 is 10.5 Å². The van der Waals surface area contributed by atoms with Gasteiger partial charge >= 0.3 is 0 Å². The van der Waals surface area contributed by atoms with Crippen molar-refractivity contribution < 1.29 is 13.2 Å². The summed E-state index contributed by atoms with van der Waals surface area (Å²) in [5, 5.41) is 7.87. The maximum atomic E-state index is 12.0. The summed E-state index contributed by atoms with van der Waals surface area (Å²) in [6.45, 7) is 5.66. The van der Waals surface area contributed by atoms with Gasteiger partial charge in [0.05, 0.1) is 4.90 Å². The van der Waals surface area contributed by atoms with Crippen LogP contribution in [0.1, 0.15) is 32.3 Å². The Morgan fingerprint density at radius 3 is 2.32 bits per heavy atom. The van der Waals surface area contributed by atoms with Gasteiger partial charge in [-0.3, -0.25) is 4.79 Å². The summed E-state index contributed by atoms with van der Waals surface area (Å²) in [7, 11) is -3.71. The fourth-order valence-electron chi connectivity index (χ4n) is 1.85. The zero-order valence-corrected chi connectivity index (χ0v) is 12.3. The van der Waals surface area contributed by atoms with Crippen LogP contribution in [-0.4, -0.2) is 14.3 Å². The molecule has 0 atom stereocenters. The minimum Gasteiger partial charge on any atom is -0.326 e. The highest BCUT2D eigenvalue weighted by atomic mass is 32.2. The van der Waals surface area contributed by atoms with Crippen molar-refractivity contribution in [2.45, 2.75) is 38.5 Å². The van der Waals surface area contributed by atoms with E-state index >= 15 is 0 Å². The normalized spacial score (nSPS) is 11.6. The first-order valence-corrected chi connectivity index (χ1v) is 7.78. The van der Waals surface area contributed by atoms with Gasteiger partial charge in [-0.1, -0.05) is 13.8 Å². The van der Waals surface area contributed by atoms with Crippen LogP contribution in [0.25, 0.3) is 0 Å². The van der Waals surface area contributed by atoms with Crippen molar-refractivity contribution in [1.29, 1.82) is 0 Å². The van der Waals surface area contributed by atoms with Crippen LogP contribution in [0.15, 0.2) is 23.1 Å². The number of aryl methyl sites for hydroxylation is 1. The Bertz CT molecular complexity index is 563. The Labute approximate surface area is 114 Å². The molecule has 0 saturated carbocycles. The summed E-state index contributed by atoms with van der Waals surface area (Å²) >= 11 is 0. The number of primary sulfonamides is 1. The van der Waals surface area contributed by atoms with E-state index in [1.54, 1.807) is 13.0 Å². The molecule has 5 nitrogen and oxygen atoms in total. The molecule has 0 saturated heterocycles. The zero-order chi connectivity index (χ0) is 14.6. The van der Waals surface area contributed by atoms with Gasteiger partial charge in [-0.2, -0.15) is 0 Å². The van der Waals surface area contributed by atoms with Gasteiger partial charge in [-0.05, 0) is 43.5 Å². The van der Waals surface area contributed by atoms with Gasteiger partial charge < -0.3 is 5.32 Å². The first-order valence-electron chi connectivity index (χ1n) is 6.23. The van der Waals surface area contributed by atoms with Gasteiger partial charge in [-0.15, -0.1) is 0 Å². The van der Waals surface area contributed by atoms with Gasteiger partial charge in [0.15, 0.2) is 0 Å². The number of nitrogens with two attached hydrogens (primary N) is 1. The molecule has 1 rings (SSSR count). The van der Waals surface area contributed by atoms with Crippen molar-refractivity contribution in [2.24, 2.45) is 11.1 Å². The van der Waals surface area contributed by atoms with E-state index in [4.69, 9.17) is 5.14 Å². The average molecular weight is 284 g/mol. The van der Waals surface area contributed by atoms with Gasteiger partial charge in [0, 0.05) is 11.6 Å². The third-order valence-electron chi connectivity index (χ3n) is 3.14. The molecular formula is C13H20N2O3S. The Kier molecular flexibility index (Phi) is 5.08. The highest BCUT2D eigenvalue weighted by Crippen LogP contribution is 2.20. The summed E-state index contributed by atoms with van der Waals surface area (Å²) < 4.78 is 22.4. The minimum absolute atomic E-state index is 0.0303. The summed E-state index contributed by atoms with van der Waals surface area (Å²) in [4.78, 5) is 12.0. The Morgan fingerprint density at radius 2 is 1.89 bits per heavy atom. The molecule has 0 spiro atoms. The van der Waals surface area contributed by atoms with Crippen molar-refractivity contribution in [3.63, 3.8) is 0 Å². The number of hydrogen-bond donors (Lipinski definition) is 2. The largest absolute Gasteiger partial charge is 0.326 e. The van der Waals surface area contributed by atoms with E-state index in [1.807, 2.05) is 13.8 Å². The number of sulfonamides is 1.